The summed E-state index contributed by atoms with van der Waals surface area (Å²) >= 11 is 0. The van der Waals surface area contributed by atoms with Gasteiger partial charge in [-0.25, -0.2) is 4.79 Å². The molecule has 1 aliphatic heterocycles. The summed E-state index contributed by atoms with van der Waals surface area (Å²) < 4.78 is 0. The molecule has 1 saturated heterocycles. The lowest BCUT2D eigenvalue weighted by Crippen LogP contribution is -2.52. The Labute approximate surface area is 126 Å². The monoisotopic (exact) mass is 297 g/mol. The Hall–Kier alpha value is -1.10. The zero-order chi connectivity index (χ0) is 15.8. The normalized spacial score (nSPS) is 31.7. The fourth-order valence-corrected chi connectivity index (χ4v) is 4.10. The summed E-state index contributed by atoms with van der Waals surface area (Å²) in [6.45, 7) is 7.30. The number of hydrogen-bond acceptors (Lipinski definition) is 3. The van der Waals surface area contributed by atoms with E-state index in [2.05, 4.69) is 20.8 Å². The van der Waals surface area contributed by atoms with E-state index in [9.17, 15) is 14.7 Å². The Morgan fingerprint density at radius 2 is 1.71 bits per heavy atom. The van der Waals surface area contributed by atoms with E-state index in [1.54, 1.807) is 4.90 Å². The predicted octanol–water partition coefficient (Wildman–Crippen LogP) is 1.89. The number of carbonyl (C=O) groups is 2. The highest BCUT2D eigenvalue weighted by molar-refractivity contribution is 5.81. The van der Waals surface area contributed by atoms with Gasteiger partial charge in [-0.05, 0) is 30.6 Å². The molecule has 2 atom stereocenters. The van der Waals surface area contributed by atoms with Crippen LogP contribution in [0.4, 0.5) is 0 Å². The van der Waals surface area contributed by atoms with Crippen molar-refractivity contribution in [3.8, 4) is 0 Å². The Balaban J connectivity index is 1.97. The molecule has 2 N–H and O–H groups in total. The van der Waals surface area contributed by atoms with Crippen molar-refractivity contribution in [1.29, 1.82) is 0 Å². The average Bonchev–Trinajstić information content (AvgIpc) is 2.36. The van der Waals surface area contributed by atoms with Gasteiger partial charge in [-0.3, -0.25) is 4.79 Å². The van der Waals surface area contributed by atoms with Crippen molar-refractivity contribution in [3.63, 3.8) is 0 Å². The van der Waals surface area contributed by atoms with Gasteiger partial charge in [0, 0.05) is 31.8 Å². The number of carboxylic acid groups (broad SMARTS) is 1. The maximum atomic E-state index is 12.7. The van der Waals surface area contributed by atoms with Crippen LogP contribution in [0.1, 0.15) is 52.9 Å². The van der Waals surface area contributed by atoms with E-state index in [1.165, 1.54) is 0 Å². The summed E-state index contributed by atoms with van der Waals surface area (Å²) in [7, 11) is 0. The topological polar surface area (TPSA) is 77.8 Å². The number of carboxylic acids is 1. The van der Waals surface area contributed by atoms with Crippen LogP contribution < -0.4 is 0 Å². The number of rotatable bonds is 2. The minimum absolute atomic E-state index is 0.0415. The lowest BCUT2D eigenvalue weighted by molar-refractivity contribution is -0.166. The van der Waals surface area contributed by atoms with Crippen LogP contribution in [0.3, 0.4) is 0 Å². The fourth-order valence-electron chi connectivity index (χ4n) is 4.10. The Bertz CT molecular complexity index is 424. The van der Waals surface area contributed by atoms with Crippen molar-refractivity contribution in [2.45, 2.75) is 58.5 Å². The Morgan fingerprint density at radius 1 is 1.14 bits per heavy atom. The molecule has 120 valence electrons. The van der Waals surface area contributed by atoms with Crippen LogP contribution in [-0.4, -0.2) is 45.7 Å². The van der Waals surface area contributed by atoms with Crippen LogP contribution in [0.15, 0.2) is 0 Å². The third-order valence-electron chi connectivity index (χ3n) is 5.04. The van der Waals surface area contributed by atoms with Crippen molar-refractivity contribution in [2.75, 3.05) is 13.1 Å². The first kappa shape index (κ1) is 16.3. The van der Waals surface area contributed by atoms with Gasteiger partial charge in [0.05, 0.1) is 0 Å². The van der Waals surface area contributed by atoms with Crippen LogP contribution in [0.5, 0.6) is 0 Å². The molecule has 5 nitrogen and oxygen atoms in total. The SMILES string of the molecule is CC1CC(C(=O)N2CCC(O)(C(=O)O)CC2)CC(C)(C)C1. The zero-order valence-corrected chi connectivity index (χ0v) is 13.3. The second-order valence-electron chi connectivity index (χ2n) is 7.77. The summed E-state index contributed by atoms with van der Waals surface area (Å²) in [5.74, 6) is -0.452. The molecule has 2 unspecified atom stereocenters. The first-order valence-corrected chi connectivity index (χ1v) is 7.87. The van der Waals surface area contributed by atoms with Crippen molar-refractivity contribution >= 4 is 11.9 Å². The van der Waals surface area contributed by atoms with E-state index < -0.39 is 11.6 Å². The largest absolute Gasteiger partial charge is 0.479 e. The Morgan fingerprint density at radius 3 is 2.19 bits per heavy atom. The summed E-state index contributed by atoms with van der Waals surface area (Å²) in [5.41, 5.74) is -1.47. The number of piperidine rings is 1. The van der Waals surface area contributed by atoms with E-state index in [0.717, 1.165) is 19.3 Å². The molecular weight excluding hydrogens is 270 g/mol. The lowest BCUT2D eigenvalue weighted by atomic mass is 9.67. The molecule has 2 fully saturated rings. The van der Waals surface area contributed by atoms with Gasteiger partial charge in [-0.1, -0.05) is 20.8 Å². The van der Waals surface area contributed by atoms with Crippen molar-refractivity contribution in [1.82, 2.24) is 4.90 Å². The third kappa shape index (κ3) is 3.57. The molecule has 5 heteroatoms. The summed E-state index contributed by atoms with van der Waals surface area (Å²) in [4.78, 5) is 25.4. The highest BCUT2D eigenvalue weighted by Crippen LogP contribution is 2.42. The fraction of sp³-hybridized carbons (Fsp3) is 0.875. The number of hydrogen-bond donors (Lipinski definition) is 2. The molecule has 1 heterocycles. The number of carbonyl (C=O) groups excluding carboxylic acids is 1. The smallest absolute Gasteiger partial charge is 0.335 e. The van der Waals surface area contributed by atoms with Gasteiger partial charge in [0.2, 0.25) is 5.91 Å². The predicted molar refractivity (Wildman–Crippen MR) is 78.7 cm³/mol. The standard InChI is InChI=1S/C16H27NO4/c1-11-8-12(10-15(2,3)9-11)13(18)17-6-4-16(21,5-7-17)14(19)20/h11-12,21H,4-10H2,1-3H3,(H,19,20). The number of aliphatic hydroxyl groups is 1. The number of nitrogens with zero attached hydrogens (tertiary/aromatic N) is 1. The first-order chi connectivity index (χ1) is 9.63. The maximum Gasteiger partial charge on any atom is 0.335 e. The van der Waals surface area contributed by atoms with Crippen LogP contribution in [-0.2, 0) is 9.59 Å². The van der Waals surface area contributed by atoms with Crippen LogP contribution >= 0.6 is 0 Å². The molecule has 0 aromatic heterocycles. The highest BCUT2D eigenvalue weighted by Gasteiger charge is 2.43. The van der Waals surface area contributed by atoms with E-state index in [-0.39, 0.29) is 30.1 Å². The summed E-state index contributed by atoms with van der Waals surface area (Å²) in [6, 6.07) is 0. The molecule has 2 aliphatic rings. The van der Waals surface area contributed by atoms with Crippen molar-refractivity contribution in [2.24, 2.45) is 17.3 Å². The molecular formula is C16H27NO4. The van der Waals surface area contributed by atoms with E-state index in [4.69, 9.17) is 5.11 Å². The number of likely N-dealkylation sites (tertiary alicyclic amines) is 1. The Kier molecular flexibility index (Phi) is 4.34. The maximum absolute atomic E-state index is 12.7. The lowest BCUT2D eigenvalue weighted by Gasteiger charge is -2.42. The number of amides is 1. The molecule has 0 aromatic rings. The summed E-state index contributed by atoms with van der Waals surface area (Å²) in [5, 5.41) is 19.0. The van der Waals surface area contributed by atoms with E-state index in [0.29, 0.717) is 19.0 Å². The average molecular weight is 297 g/mol. The molecule has 0 aromatic carbocycles. The zero-order valence-electron chi connectivity index (χ0n) is 13.3. The van der Waals surface area contributed by atoms with Gasteiger partial charge < -0.3 is 15.1 Å². The highest BCUT2D eigenvalue weighted by atomic mass is 16.4. The molecule has 1 amide bonds. The summed E-state index contributed by atoms with van der Waals surface area (Å²) in [6.07, 6.45) is 3.22. The quantitative estimate of drug-likeness (QED) is 0.816. The number of aliphatic carboxylic acids is 1. The molecule has 0 spiro atoms. The minimum atomic E-state index is -1.66. The molecule has 1 saturated carbocycles. The van der Waals surface area contributed by atoms with Gasteiger partial charge in [-0.15, -0.1) is 0 Å². The van der Waals surface area contributed by atoms with Gasteiger partial charge in [0.25, 0.3) is 0 Å². The molecule has 1 aliphatic carbocycles. The van der Waals surface area contributed by atoms with E-state index in [1.807, 2.05) is 0 Å². The minimum Gasteiger partial charge on any atom is -0.479 e. The molecule has 0 radical (unpaired) electrons. The van der Waals surface area contributed by atoms with Gasteiger partial charge in [-0.2, -0.15) is 0 Å². The molecule has 0 bridgehead atoms. The van der Waals surface area contributed by atoms with Crippen LogP contribution in [0, 0.1) is 17.3 Å². The van der Waals surface area contributed by atoms with Gasteiger partial charge in [0.1, 0.15) is 0 Å². The molecule has 2 rings (SSSR count). The first-order valence-electron chi connectivity index (χ1n) is 7.87. The second kappa shape index (κ2) is 5.59. The van der Waals surface area contributed by atoms with Crippen LogP contribution in [0.25, 0.3) is 0 Å². The van der Waals surface area contributed by atoms with Gasteiger partial charge >= 0.3 is 5.97 Å². The second-order valence-corrected chi connectivity index (χ2v) is 7.77. The van der Waals surface area contributed by atoms with E-state index >= 15 is 0 Å². The van der Waals surface area contributed by atoms with Gasteiger partial charge in [0.15, 0.2) is 5.60 Å². The third-order valence-corrected chi connectivity index (χ3v) is 5.04. The van der Waals surface area contributed by atoms with Crippen molar-refractivity contribution in [3.05, 3.63) is 0 Å². The van der Waals surface area contributed by atoms with Crippen LogP contribution in [0.2, 0.25) is 0 Å². The molecule has 21 heavy (non-hydrogen) atoms. The van der Waals surface area contributed by atoms with Crippen molar-refractivity contribution < 1.29 is 19.8 Å².